The molecule has 0 aliphatic heterocycles. The monoisotopic (exact) mass is 494 g/mol. The summed E-state index contributed by atoms with van der Waals surface area (Å²) < 4.78 is 45.9. The van der Waals surface area contributed by atoms with Crippen LogP contribution in [0.2, 0.25) is 5.02 Å². The van der Waals surface area contributed by atoms with Crippen LogP contribution >= 0.6 is 11.6 Å². The normalized spacial score (nSPS) is 12.6. The van der Waals surface area contributed by atoms with Crippen molar-refractivity contribution in [1.82, 2.24) is 24.4 Å². The first-order valence-electron chi connectivity index (χ1n) is 9.90. The maximum Gasteiger partial charge on any atom is 0.391 e. The average Bonchev–Trinajstić information content (AvgIpc) is 3.36. The largest absolute Gasteiger partial charge is 0.496 e. The van der Waals surface area contributed by atoms with E-state index in [-0.39, 0.29) is 16.9 Å². The summed E-state index contributed by atoms with van der Waals surface area (Å²) in [5, 5.41) is 21.3. The number of hydrogen-bond acceptors (Lipinski definition) is 6. The van der Waals surface area contributed by atoms with Gasteiger partial charge in [0.15, 0.2) is 5.65 Å². The topological polar surface area (TPSA) is 107 Å². The number of ether oxygens (including phenoxy) is 1. The van der Waals surface area contributed by atoms with E-state index in [4.69, 9.17) is 16.3 Å². The van der Waals surface area contributed by atoms with Gasteiger partial charge in [-0.3, -0.25) is 9.48 Å². The molecule has 1 amide bonds. The van der Waals surface area contributed by atoms with E-state index in [0.717, 1.165) is 4.68 Å². The van der Waals surface area contributed by atoms with Gasteiger partial charge in [0.05, 0.1) is 38.1 Å². The summed E-state index contributed by atoms with van der Waals surface area (Å²) in [6.45, 7) is -0.455. The number of halogens is 4. The predicted molar refractivity (Wildman–Crippen MR) is 117 cm³/mol. The van der Waals surface area contributed by atoms with Crippen LogP contribution in [0.1, 0.15) is 16.8 Å². The van der Waals surface area contributed by atoms with Crippen molar-refractivity contribution in [3.63, 3.8) is 0 Å². The Morgan fingerprint density at radius 2 is 2.15 bits per heavy atom. The first-order chi connectivity index (χ1) is 16.1. The van der Waals surface area contributed by atoms with Crippen LogP contribution in [0, 0.1) is 0 Å². The predicted octanol–water partition coefficient (Wildman–Crippen LogP) is 3.82. The van der Waals surface area contributed by atoms with Crippen molar-refractivity contribution >= 4 is 28.8 Å². The number of aliphatic hydroxyl groups is 1. The number of carbonyl (C=O) groups excluding carboxylic acids is 1. The third-order valence-corrected chi connectivity index (χ3v) is 5.05. The van der Waals surface area contributed by atoms with Crippen molar-refractivity contribution in [1.29, 1.82) is 0 Å². The molecule has 0 unspecified atom stereocenters. The molecule has 0 fully saturated rings. The van der Waals surface area contributed by atoms with Gasteiger partial charge in [0.2, 0.25) is 0 Å². The summed E-state index contributed by atoms with van der Waals surface area (Å²) in [4.78, 5) is 17.2. The fourth-order valence-electron chi connectivity index (χ4n) is 3.40. The number of rotatable bonds is 7. The summed E-state index contributed by atoms with van der Waals surface area (Å²) in [7, 11) is 1.43. The van der Waals surface area contributed by atoms with Crippen LogP contribution in [-0.2, 0) is 6.54 Å². The Balaban J connectivity index is 1.72. The number of fused-ring (bicyclic) bond motifs is 1. The number of nitrogens with zero attached hydrogens (tertiary/aromatic N) is 5. The third kappa shape index (κ3) is 5.13. The Morgan fingerprint density at radius 1 is 1.35 bits per heavy atom. The van der Waals surface area contributed by atoms with Gasteiger partial charge in [-0.2, -0.15) is 23.4 Å². The molecular weight excluding hydrogens is 477 g/mol. The lowest BCUT2D eigenvalue weighted by Gasteiger charge is -2.12. The quantitative estimate of drug-likeness (QED) is 0.404. The van der Waals surface area contributed by atoms with E-state index in [9.17, 15) is 23.1 Å². The third-order valence-electron chi connectivity index (χ3n) is 4.82. The molecule has 0 aliphatic carbocycles. The molecule has 0 aliphatic rings. The first kappa shape index (κ1) is 23.5. The van der Waals surface area contributed by atoms with Crippen molar-refractivity contribution in [2.45, 2.75) is 25.2 Å². The number of amides is 1. The summed E-state index contributed by atoms with van der Waals surface area (Å²) in [5.74, 6) is -0.190. The molecule has 2 N–H and O–H groups in total. The van der Waals surface area contributed by atoms with Gasteiger partial charge in [0, 0.05) is 29.2 Å². The van der Waals surface area contributed by atoms with Gasteiger partial charge in [-0.05, 0) is 24.3 Å². The van der Waals surface area contributed by atoms with Crippen LogP contribution in [0.4, 0.5) is 18.9 Å². The van der Waals surface area contributed by atoms with Gasteiger partial charge in [-0.25, -0.2) is 9.50 Å². The Morgan fingerprint density at radius 3 is 2.88 bits per heavy atom. The minimum absolute atomic E-state index is 0.167. The lowest BCUT2D eigenvalue weighted by Crippen LogP contribution is -2.24. The maximum atomic E-state index is 13.0. The van der Waals surface area contributed by atoms with Crippen LogP contribution < -0.4 is 10.1 Å². The summed E-state index contributed by atoms with van der Waals surface area (Å²) in [5.41, 5.74) is 1.24. The number of benzene rings is 1. The minimum atomic E-state index is -4.54. The summed E-state index contributed by atoms with van der Waals surface area (Å²) in [6, 6.07) is 6.39. The van der Waals surface area contributed by atoms with Crippen LogP contribution in [0.3, 0.4) is 0 Å². The molecule has 0 radical (unpaired) electrons. The average molecular weight is 495 g/mol. The smallest absolute Gasteiger partial charge is 0.391 e. The minimum Gasteiger partial charge on any atom is -0.496 e. The van der Waals surface area contributed by atoms with Gasteiger partial charge in [-0.15, -0.1) is 0 Å². The standard InChI is InChI=1S/C21H18ClF3N6O3/c1-34-17-4-3-12(22)7-14(17)18-16(11-30(29-18)10-13(32)8-21(23,24)25)28-20(33)15-9-27-31-6-2-5-26-19(15)31/h2-7,9,11,13,32H,8,10H2,1H3,(H,28,33)/t13-/m0/s1. The summed E-state index contributed by atoms with van der Waals surface area (Å²) >= 11 is 6.13. The van der Waals surface area contributed by atoms with Crippen LogP contribution in [0.25, 0.3) is 16.9 Å². The van der Waals surface area contributed by atoms with Crippen molar-refractivity contribution < 1.29 is 27.8 Å². The van der Waals surface area contributed by atoms with Crippen LogP contribution in [0.15, 0.2) is 49.1 Å². The zero-order valence-corrected chi connectivity index (χ0v) is 18.4. The van der Waals surface area contributed by atoms with Crippen LogP contribution in [-0.4, -0.2) is 54.8 Å². The van der Waals surface area contributed by atoms with Crippen LogP contribution in [0.5, 0.6) is 5.75 Å². The van der Waals surface area contributed by atoms with E-state index in [0.29, 0.717) is 22.0 Å². The highest BCUT2D eigenvalue weighted by Crippen LogP contribution is 2.36. The number of hydrogen-bond donors (Lipinski definition) is 2. The molecule has 0 saturated heterocycles. The van der Waals surface area contributed by atoms with E-state index < -0.39 is 31.2 Å². The number of aliphatic hydroxyl groups excluding tert-OH is 1. The zero-order chi connectivity index (χ0) is 24.5. The molecule has 9 nitrogen and oxygen atoms in total. The Hall–Kier alpha value is -3.64. The molecule has 0 bridgehead atoms. The Labute approximate surface area is 195 Å². The molecule has 0 spiro atoms. The van der Waals surface area contributed by atoms with Gasteiger partial charge in [0.25, 0.3) is 5.91 Å². The molecule has 3 aromatic heterocycles. The van der Waals surface area contributed by atoms with E-state index in [2.05, 4.69) is 20.5 Å². The molecule has 34 heavy (non-hydrogen) atoms. The van der Waals surface area contributed by atoms with E-state index in [1.807, 2.05) is 0 Å². The fourth-order valence-corrected chi connectivity index (χ4v) is 3.57. The molecule has 1 aromatic carbocycles. The van der Waals surface area contributed by atoms with Gasteiger partial charge < -0.3 is 15.2 Å². The lowest BCUT2D eigenvalue weighted by molar-refractivity contribution is -0.154. The summed E-state index contributed by atoms with van der Waals surface area (Å²) in [6.07, 6.45) is -1.88. The van der Waals surface area contributed by atoms with E-state index in [1.54, 1.807) is 30.5 Å². The number of alkyl halides is 3. The van der Waals surface area contributed by atoms with Crippen molar-refractivity contribution in [3.8, 4) is 17.0 Å². The molecular formula is C21H18ClF3N6O3. The molecule has 3 heterocycles. The number of carbonyl (C=O) groups is 1. The van der Waals surface area contributed by atoms with Crippen molar-refractivity contribution in [3.05, 3.63) is 59.6 Å². The molecule has 4 rings (SSSR count). The number of methoxy groups -OCH3 is 1. The lowest BCUT2D eigenvalue weighted by atomic mass is 10.1. The second-order valence-electron chi connectivity index (χ2n) is 7.33. The number of nitrogens with one attached hydrogen (secondary N) is 1. The highest BCUT2D eigenvalue weighted by Gasteiger charge is 2.31. The molecule has 4 aromatic rings. The second kappa shape index (κ2) is 9.31. The Kier molecular flexibility index (Phi) is 6.44. The highest BCUT2D eigenvalue weighted by molar-refractivity contribution is 6.31. The Bertz CT molecular complexity index is 1340. The van der Waals surface area contributed by atoms with Gasteiger partial charge >= 0.3 is 6.18 Å². The molecule has 1 atom stereocenters. The second-order valence-corrected chi connectivity index (χ2v) is 7.77. The number of anilines is 1. The van der Waals surface area contributed by atoms with Crippen molar-refractivity contribution in [2.24, 2.45) is 0 Å². The molecule has 178 valence electrons. The van der Waals surface area contributed by atoms with Gasteiger partial charge in [-0.1, -0.05) is 11.6 Å². The SMILES string of the molecule is COc1ccc(Cl)cc1-c1nn(C[C@@H](O)CC(F)(F)F)cc1NC(=O)c1cnn2cccnc12. The first-order valence-corrected chi connectivity index (χ1v) is 10.3. The molecule has 0 saturated carbocycles. The van der Waals surface area contributed by atoms with E-state index >= 15 is 0 Å². The van der Waals surface area contributed by atoms with Crippen molar-refractivity contribution in [2.75, 3.05) is 12.4 Å². The molecule has 13 heteroatoms. The fraction of sp³-hybridized carbons (Fsp3) is 0.238. The highest BCUT2D eigenvalue weighted by atomic mass is 35.5. The zero-order valence-electron chi connectivity index (χ0n) is 17.6. The van der Waals surface area contributed by atoms with Gasteiger partial charge in [0.1, 0.15) is 17.0 Å². The van der Waals surface area contributed by atoms with E-state index in [1.165, 1.54) is 30.2 Å². The number of aromatic nitrogens is 5. The maximum absolute atomic E-state index is 13.0.